The molecule has 0 unspecified atom stereocenters. The van der Waals surface area contributed by atoms with Gasteiger partial charge in [0.1, 0.15) is 0 Å². The topological polar surface area (TPSA) is 52.7 Å². The van der Waals surface area contributed by atoms with E-state index < -0.39 is 0 Å². The van der Waals surface area contributed by atoms with Gasteiger partial charge in [-0.25, -0.2) is 0 Å². The first kappa shape index (κ1) is 16.6. The van der Waals surface area contributed by atoms with E-state index in [0.717, 1.165) is 50.4 Å². The predicted molar refractivity (Wildman–Crippen MR) is 96.0 cm³/mol. The first-order chi connectivity index (χ1) is 11.6. The Hall–Kier alpha value is -2.30. The standard InChI is InChI=1S/C19H25N3O2/c1-15(23)21-9-11-22(12-10-21)18-8-4-7-17(14-18)20-19(24)13-16-5-2-3-6-16/h2,4-5,7-8,14,16H,3,6,9-13H2,1H3,(H,20,24)/t16-/m0/s1. The van der Waals surface area contributed by atoms with Crippen LogP contribution in [0.1, 0.15) is 26.2 Å². The molecule has 2 amide bonds. The molecule has 1 atom stereocenters. The number of piperazine rings is 1. The second kappa shape index (κ2) is 7.51. The van der Waals surface area contributed by atoms with Gasteiger partial charge in [0.25, 0.3) is 0 Å². The Labute approximate surface area is 143 Å². The molecule has 1 fully saturated rings. The van der Waals surface area contributed by atoms with E-state index in [2.05, 4.69) is 28.4 Å². The molecule has 3 rings (SSSR count). The number of anilines is 2. The van der Waals surface area contributed by atoms with E-state index in [-0.39, 0.29) is 11.8 Å². The highest BCUT2D eigenvalue weighted by Gasteiger charge is 2.19. The number of hydrogen-bond acceptors (Lipinski definition) is 3. The number of carbonyl (C=O) groups is 2. The minimum atomic E-state index is 0.0742. The summed E-state index contributed by atoms with van der Waals surface area (Å²) in [4.78, 5) is 27.7. The average Bonchev–Trinajstić information content (AvgIpc) is 3.08. The van der Waals surface area contributed by atoms with E-state index in [0.29, 0.717) is 12.3 Å². The van der Waals surface area contributed by atoms with Crippen LogP contribution in [0.15, 0.2) is 36.4 Å². The van der Waals surface area contributed by atoms with Crippen LogP contribution >= 0.6 is 0 Å². The number of rotatable bonds is 4. The van der Waals surface area contributed by atoms with E-state index in [4.69, 9.17) is 0 Å². The van der Waals surface area contributed by atoms with Crippen LogP contribution < -0.4 is 10.2 Å². The highest BCUT2D eigenvalue weighted by Crippen LogP contribution is 2.23. The number of amides is 2. The fourth-order valence-electron chi connectivity index (χ4n) is 3.38. The number of nitrogens with zero attached hydrogens (tertiary/aromatic N) is 2. The third-order valence-electron chi connectivity index (χ3n) is 4.78. The van der Waals surface area contributed by atoms with Crippen LogP contribution in [0.3, 0.4) is 0 Å². The smallest absolute Gasteiger partial charge is 0.224 e. The van der Waals surface area contributed by atoms with Gasteiger partial charge in [-0.1, -0.05) is 18.2 Å². The maximum atomic E-state index is 12.2. The number of nitrogens with one attached hydrogen (secondary N) is 1. The number of allylic oxidation sites excluding steroid dienone is 2. The SMILES string of the molecule is CC(=O)N1CCN(c2cccc(NC(=O)C[C@H]3C=CCC3)c2)CC1. The lowest BCUT2D eigenvalue weighted by molar-refractivity contribution is -0.129. The minimum absolute atomic E-state index is 0.0742. The van der Waals surface area contributed by atoms with Crippen LogP contribution in [0, 0.1) is 5.92 Å². The van der Waals surface area contributed by atoms with Crippen molar-refractivity contribution in [1.82, 2.24) is 4.90 Å². The van der Waals surface area contributed by atoms with Crippen molar-refractivity contribution in [3.05, 3.63) is 36.4 Å². The van der Waals surface area contributed by atoms with Crippen molar-refractivity contribution < 1.29 is 9.59 Å². The zero-order valence-corrected chi connectivity index (χ0v) is 14.2. The van der Waals surface area contributed by atoms with Crippen LogP contribution in [-0.4, -0.2) is 42.9 Å². The quantitative estimate of drug-likeness (QED) is 0.865. The molecule has 5 nitrogen and oxygen atoms in total. The molecule has 1 aromatic carbocycles. The third-order valence-corrected chi connectivity index (χ3v) is 4.78. The van der Waals surface area contributed by atoms with E-state index in [1.165, 1.54) is 0 Å². The summed E-state index contributed by atoms with van der Waals surface area (Å²) in [6, 6.07) is 7.97. The lowest BCUT2D eigenvalue weighted by atomic mass is 10.1. The van der Waals surface area contributed by atoms with Crippen molar-refractivity contribution in [2.45, 2.75) is 26.2 Å². The highest BCUT2D eigenvalue weighted by molar-refractivity contribution is 5.91. The maximum absolute atomic E-state index is 12.2. The monoisotopic (exact) mass is 327 g/mol. The van der Waals surface area contributed by atoms with Gasteiger partial charge in [-0.3, -0.25) is 9.59 Å². The Kier molecular flexibility index (Phi) is 5.18. The van der Waals surface area contributed by atoms with Crippen molar-refractivity contribution in [3.63, 3.8) is 0 Å². The van der Waals surface area contributed by atoms with Crippen molar-refractivity contribution in [3.8, 4) is 0 Å². The largest absolute Gasteiger partial charge is 0.368 e. The first-order valence-corrected chi connectivity index (χ1v) is 8.69. The van der Waals surface area contributed by atoms with Crippen LogP contribution in [0.5, 0.6) is 0 Å². The molecule has 5 heteroatoms. The Bertz CT molecular complexity index is 633. The molecule has 2 aliphatic rings. The van der Waals surface area contributed by atoms with E-state index in [9.17, 15) is 9.59 Å². The summed E-state index contributed by atoms with van der Waals surface area (Å²) >= 11 is 0. The summed E-state index contributed by atoms with van der Waals surface area (Å²) in [6.45, 7) is 4.76. The predicted octanol–water partition coefficient (Wildman–Crippen LogP) is 2.65. The van der Waals surface area contributed by atoms with Gasteiger partial charge in [-0.2, -0.15) is 0 Å². The molecular weight excluding hydrogens is 302 g/mol. The lowest BCUT2D eigenvalue weighted by Crippen LogP contribution is -2.48. The summed E-state index contributed by atoms with van der Waals surface area (Å²) in [5, 5.41) is 3.01. The molecule has 0 bridgehead atoms. The summed E-state index contributed by atoms with van der Waals surface area (Å²) in [5.41, 5.74) is 1.94. The summed E-state index contributed by atoms with van der Waals surface area (Å²) in [7, 11) is 0. The maximum Gasteiger partial charge on any atom is 0.224 e. The van der Waals surface area contributed by atoms with Gasteiger partial charge in [0.15, 0.2) is 0 Å². The van der Waals surface area contributed by atoms with Gasteiger partial charge >= 0.3 is 0 Å². The van der Waals surface area contributed by atoms with Gasteiger partial charge < -0.3 is 15.1 Å². The van der Waals surface area contributed by atoms with Gasteiger partial charge in [-0.15, -0.1) is 0 Å². The minimum Gasteiger partial charge on any atom is -0.368 e. The second-order valence-electron chi connectivity index (χ2n) is 6.56. The Morgan fingerprint density at radius 2 is 2.00 bits per heavy atom. The van der Waals surface area contributed by atoms with Crippen LogP contribution in [0.4, 0.5) is 11.4 Å². The normalized spacial score (nSPS) is 20.3. The van der Waals surface area contributed by atoms with Crippen molar-refractivity contribution in [2.24, 2.45) is 5.92 Å². The summed E-state index contributed by atoms with van der Waals surface area (Å²) < 4.78 is 0. The zero-order valence-electron chi connectivity index (χ0n) is 14.2. The van der Waals surface area contributed by atoms with Crippen LogP contribution in [0.25, 0.3) is 0 Å². The van der Waals surface area contributed by atoms with Gasteiger partial charge in [0, 0.05) is 50.9 Å². The number of carbonyl (C=O) groups excluding carboxylic acids is 2. The molecule has 0 aromatic heterocycles. The van der Waals surface area contributed by atoms with Gasteiger partial charge in [-0.05, 0) is 37.0 Å². The summed E-state index contributed by atoms with van der Waals surface area (Å²) in [5.74, 6) is 0.592. The third kappa shape index (κ3) is 4.16. The molecule has 24 heavy (non-hydrogen) atoms. The molecule has 1 aliphatic carbocycles. The molecule has 1 aliphatic heterocycles. The molecule has 0 spiro atoms. The zero-order chi connectivity index (χ0) is 16.9. The second-order valence-corrected chi connectivity index (χ2v) is 6.56. The van der Waals surface area contributed by atoms with Gasteiger partial charge in [0.2, 0.25) is 11.8 Å². The Morgan fingerprint density at radius 1 is 1.21 bits per heavy atom. The molecule has 1 N–H and O–H groups in total. The average molecular weight is 327 g/mol. The Balaban J connectivity index is 1.57. The molecular formula is C19H25N3O2. The molecule has 0 radical (unpaired) electrons. The van der Waals surface area contributed by atoms with Crippen molar-refractivity contribution in [2.75, 3.05) is 36.4 Å². The fourth-order valence-corrected chi connectivity index (χ4v) is 3.38. The van der Waals surface area contributed by atoms with Crippen molar-refractivity contribution >= 4 is 23.2 Å². The summed E-state index contributed by atoms with van der Waals surface area (Å²) in [6.07, 6.45) is 7.01. The molecule has 1 heterocycles. The molecule has 1 aromatic rings. The lowest BCUT2D eigenvalue weighted by Gasteiger charge is -2.35. The number of hydrogen-bond donors (Lipinski definition) is 1. The van der Waals surface area contributed by atoms with Gasteiger partial charge in [0.05, 0.1) is 0 Å². The first-order valence-electron chi connectivity index (χ1n) is 8.69. The Morgan fingerprint density at radius 3 is 2.67 bits per heavy atom. The fraction of sp³-hybridized carbons (Fsp3) is 0.474. The van der Waals surface area contributed by atoms with E-state index in [1.807, 2.05) is 23.1 Å². The molecule has 0 saturated carbocycles. The van der Waals surface area contributed by atoms with E-state index >= 15 is 0 Å². The van der Waals surface area contributed by atoms with Crippen LogP contribution in [-0.2, 0) is 9.59 Å². The number of benzene rings is 1. The van der Waals surface area contributed by atoms with Crippen molar-refractivity contribution in [1.29, 1.82) is 0 Å². The molecule has 128 valence electrons. The van der Waals surface area contributed by atoms with Crippen LogP contribution in [0.2, 0.25) is 0 Å². The van der Waals surface area contributed by atoms with E-state index in [1.54, 1.807) is 6.92 Å². The molecule has 1 saturated heterocycles. The highest BCUT2D eigenvalue weighted by atomic mass is 16.2.